The van der Waals surface area contributed by atoms with E-state index in [9.17, 15) is 8.42 Å². The number of anilines is 1. The van der Waals surface area contributed by atoms with Crippen molar-refractivity contribution in [3.63, 3.8) is 0 Å². The highest BCUT2D eigenvalue weighted by molar-refractivity contribution is 7.89. The van der Waals surface area contributed by atoms with E-state index in [1.54, 1.807) is 7.11 Å². The molecular formula is C11H20N4O3S. The Morgan fingerprint density at radius 3 is 2.89 bits per heavy atom. The Kier molecular flexibility index (Phi) is 4.12. The van der Waals surface area contributed by atoms with Gasteiger partial charge in [-0.05, 0) is 19.3 Å². The summed E-state index contributed by atoms with van der Waals surface area (Å²) in [7, 11) is -1.91. The van der Waals surface area contributed by atoms with Gasteiger partial charge in [-0.25, -0.2) is 8.42 Å². The fraction of sp³-hybridized carbons (Fsp3) is 0.727. The Labute approximate surface area is 113 Å². The van der Waals surface area contributed by atoms with Gasteiger partial charge in [-0.15, -0.1) is 0 Å². The van der Waals surface area contributed by atoms with Crippen LogP contribution in [0.4, 0.5) is 5.82 Å². The monoisotopic (exact) mass is 288 g/mol. The van der Waals surface area contributed by atoms with Crippen LogP contribution in [0.25, 0.3) is 0 Å². The second-order valence-corrected chi connectivity index (χ2v) is 6.61. The minimum atomic E-state index is -3.54. The van der Waals surface area contributed by atoms with Crippen LogP contribution < -0.4 is 5.73 Å². The van der Waals surface area contributed by atoms with Gasteiger partial charge in [0, 0.05) is 32.9 Å². The zero-order valence-corrected chi connectivity index (χ0v) is 12.1. The van der Waals surface area contributed by atoms with Crippen LogP contribution in [0, 0.1) is 5.92 Å². The van der Waals surface area contributed by atoms with Crippen molar-refractivity contribution in [2.45, 2.75) is 24.8 Å². The van der Waals surface area contributed by atoms with Gasteiger partial charge in [-0.3, -0.25) is 4.68 Å². The summed E-state index contributed by atoms with van der Waals surface area (Å²) < 4.78 is 33.0. The third-order valence-electron chi connectivity index (χ3n) is 3.35. The zero-order chi connectivity index (χ0) is 14.0. The van der Waals surface area contributed by atoms with E-state index in [1.807, 2.05) is 6.92 Å². The molecule has 0 radical (unpaired) electrons. The summed E-state index contributed by atoms with van der Waals surface area (Å²) in [5, 5.41) is 3.99. The molecule has 2 rings (SSSR count). The van der Waals surface area contributed by atoms with E-state index in [1.165, 1.54) is 15.2 Å². The molecule has 2 N–H and O–H groups in total. The lowest BCUT2D eigenvalue weighted by molar-refractivity contribution is 0.157. The first kappa shape index (κ1) is 14.3. The van der Waals surface area contributed by atoms with Gasteiger partial charge in [0.1, 0.15) is 4.90 Å². The van der Waals surface area contributed by atoms with Crippen LogP contribution in [-0.2, 0) is 21.3 Å². The predicted octanol–water partition coefficient (Wildman–Crippen LogP) is 0.142. The molecule has 108 valence electrons. The van der Waals surface area contributed by atoms with Gasteiger partial charge in [-0.2, -0.15) is 9.40 Å². The second kappa shape index (κ2) is 5.48. The summed E-state index contributed by atoms with van der Waals surface area (Å²) in [5.41, 5.74) is 5.70. The molecule has 0 saturated carbocycles. The quantitative estimate of drug-likeness (QED) is 0.832. The SMILES string of the molecule is CCn1cc(S(=O)(=O)N2CCC(COC)C2)c(N)n1. The molecule has 0 bridgehead atoms. The first-order chi connectivity index (χ1) is 8.98. The number of sulfonamides is 1. The molecule has 1 aromatic rings. The molecule has 8 heteroatoms. The number of methoxy groups -OCH3 is 1. The van der Waals surface area contributed by atoms with Gasteiger partial charge in [0.2, 0.25) is 10.0 Å². The summed E-state index contributed by atoms with van der Waals surface area (Å²) in [6, 6.07) is 0. The Bertz CT molecular complexity index is 540. The molecule has 0 aromatic carbocycles. The smallest absolute Gasteiger partial charge is 0.248 e. The van der Waals surface area contributed by atoms with E-state index >= 15 is 0 Å². The molecule has 1 saturated heterocycles. The van der Waals surface area contributed by atoms with Crippen molar-refractivity contribution >= 4 is 15.8 Å². The molecule has 1 unspecified atom stereocenters. The van der Waals surface area contributed by atoms with Crippen LogP contribution in [-0.4, -0.2) is 49.3 Å². The topological polar surface area (TPSA) is 90.5 Å². The second-order valence-electron chi connectivity index (χ2n) is 4.71. The van der Waals surface area contributed by atoms with Crippen molar-refractivity contribution in [2.24, 2.45) is 5.92 Å². The van der Waals surface area contributed by atoms with Crippen LogP contribution in [0.5, 0.6) is 0 Å². The third kappa shape index (κ3) is 2.75. The molecule has 2 heterocycles. The van der Waals surface area contributed by atoms with Crippen molar-refractivity contribution in [3.05, 3.63) is 6.20 Å². The van der Waals surface area contributed by atoms with Crippen LogP contribution in [0.3, 0.4) is 0 Å². The summed E-state index contributed by atoms with van der Waals surface area (Å²) >= 11 is 0. The van der Waals surface area contributed by atoms with Crippen molar-refractivity contribution < 1.29 is 13.2 Å². The first-order valence-corrected chi connectivity index (χ1v) is 7.75. The van der Waals surface area contributed by atoms with Crippen molar-refractivity contribution in [1.29, 1.82) is 0 Å². The van der Waals surface area contributed by atoms with Gasteiger partial charge in [0.15, 0.2) is 5.82 Å². The molecule has 0 amide bonds. The van der Waals surface area contributed by atoms with Crippen LogP contribution in [0.1, 0.15) is 13.3 Å². The fourth-order valence-corrected chi connectivity index (χ4v) is 3.90. The third-order valence-corrected chi connectivity index (χ3v) is 5.23. The predicted molar refractivity (Wildman–Crippen MR) is 71.1 cm³/mol. The zero-order valence-electron chi connectivity index (χ0n) is 11.2. The fourth-order valence-electron chi connectivity index (χ4n) is 2.31. The van der Waals surface area contributed by atoms with Crippen LogP contribution in [0.15, 0.2) is 11.1 Å². The lowest BCUT2D eigenvalue weighted by Crippen LogP contribution is -2.29. The molecule has 1 aliphatic rings. The Hall–Kier alpha value is -1.12. The number of aromatic nitrogens is 2. The van der Waals surface area contributed by atoms with Gasteiger partial charge in [0.05, 0.1) is 6.61 Å². The largest absolute Gasteiger partial charge is 0.384 e. The number of ether oxygens (including phenoxy) is 1. The van der Waals surface area contributed by atoms with Crippen molar-refractivity contribution in [2.75, 3.05) is 32.5 Å². The number of rotatable bonds is 5. The van der Waals surface area contributed by atoms with Crippen LogP contribution >= 0.6 is 0 Å². The summed E-state index contributed by atoms with van der Waals surface area (Å²) in [5.74, 6) is 0.319. The maximum Gasteiger partial charge on any atom is 0.248 e. The minimum absolute atomic E-state index is 0.0667. The molecule has 0 spiro atoms. The molecule has 19 heavy (non-hydrogen) atoms. The number of nitrogens with zero attached hydrogens (tertiary/aromatic N) is 3. The Morgan fingerprint density at radius 2 is 2.32 bits per heavy atom. The van der Waals surface area contributed by atoms with Gasteiger partial charge >= 0.3 is 0 Å². The van der Waals surface area contributed by atoms with Gasteiger partial charge < -0.3 is 10.5 Å². The van der Waals surface area contributed by atoms with E-state index in [4.69, 9.17) is 10.5 Å². The molecule has 0 aliphatic carbocycles. The van der Waals surface area contributed by atoms with Crippen molar-refractivity contribution in [3.8, 4) is 0 Å². The lowest BCUT2D eigenvalue weighted by Gasteiger charge is -2.15. The standard InChI is InChI=1S/C11H20N4O3S/c1-3-14-7-10(11(12)13-14)19(16,17)15-5-4-9(6-15)8-18-2/h7,9H,3-6,8H2,1-2H3,(H2,12,13). The highest BCUT2D eigenvalue weighted by Gasteiger charge is 2.34. The molecule has 1 fully saturated rings. The number of nitrogen functional groups attached to an aromatic ring is 1. The molecule has 7 nitrogen and oxygen atoms in total. The number of aryl methyl sites for hydroxylation is 1. The summed E-state index contributed by atoms with van der Waals surface area (Å²) in [4.78, 5) is 0.104. The maximum absolute atomic E-state index is 12.5. The average Bonchev–Trinajstić information content (AvgIpc) is 2.96. The van der Waals surface area contributed by atoms with Gasteiger partial charge in [-0.1, -0.05) is 0 Å². The first-order valence-electron chi connectivity index (χ1n) is 6.31. The van der Waals surface area contributed by atoms with Crippen LogP contribution in [0.2, 0.25) is 0 Å². The number of nitrogens with two attached hydrogens (primary N) is 1. The number of hydrogen-bond donors (Lipinski definition) is 1. The Balaban J connectivity index is 2.21. The van der Waals surface area contributed by atoms with Gasteiger partial charge in [0.25, 0.3) is 0 Å². The maximum atomic E-state index is 12.5. The normalized spacial score (nSPS) is 21.1. The Morgan fingerprint density at radius 1 is 1.58 bits per heavy atom. The molecular weight excluding hydrogens is 268 g/mol. The highest BCUT2D eigenvalue weighted by Crippen LogP contribution is 2.27. The van der Waals surface area contributed by atoms with E-state index in [0.29, 0.717) is 26.2 Å². The molecule has 1 atom stereocenters. The number of hydrogen-bond acceptors (Lipinski definition) is 5. The molecule has 1 aliphatic heterocycles. The lowest BCUT2D eigenvalue weighted by atomic mass is 10.1. The average molecular weight is 288 g/mol. The van der Waals surface area contributed by atoms with E-state index in [-0.39, 0.29) is 16.6 Å². The highest BCUT2D eigenvalue weighted by atomic mass is 32.2. The minimum Gasteiger partial charge on any atom is -0.384 e. The van der Waals surface area contributed by atoms with E-state index in [2.05, 4.69) is 5.10 Å². The van der Waals surface area contributed by atoms with E-state index < -0.39 is 10.0 Å². The summed E-state index contributed by atoms with van der Waals surface area (Å²) in [6.07, 6.45) is 2.31. The summed E-state index contributed by atoms with van der Waals surface area (Å²) in [6.45, 7) is 4.04. The van der Waals surface area contributed by atoms with Crippen molar-refractivity contribution in [1.82, 2.24) is 14.1 Å². The van der Waals surface area contributed by atoms with E-state index in [0.717, 1.165) is 6.42 Å². The molecule has 1 aromatic heterocycles.